The maximum Gasteiger partial charge on any atom is 0.123 e. The van der Waals surface area contributed by atoms with Gasteiger partial charge in [-0.15, -0.1) is 0 Å². The number of hydrogen-bond acceptors (Lipinski definition) is 4. The van der Waals surface area contributed by atoms with E-state index >= 15 is 0 Å². The van der Waals surface area contributed by atoms with Gasteiger partial charge in [0.05, 0.1) is 5.69 Å². The van der Waals surface area contributed by atoms with Gasteiger partial charge in [0.15, 0.2) is 0 Å². The molecular formula is C15H21N3O2. The summed E-state index contributed by atoms with van der Waals surface area (Å²) in [7, 11) is 0. The topological polar surface area (TPSA) is 70.3 Å². The minimum atomic E-state index is 0.0682. The van der Waals surface area contributed by atoms with E-state index in [-0.39, 0.29) is 11.5 Å². The summed E-state index contributed by atoms with van der Waals surface area (Å²) in [6, 6.07) is 6.60. The van der Waals surface area contributed by atoms with Gasteiger partial charge in [0.1, 0.15) is 11.5 Å². The van der Waals surface area contributed by atoms with Crippen molar-refractivity contribution >= 4 is 0 Å². The van der Waals surface area contributed by atoms with Crippen LogP contribution >= 0.6 is 0 Å². The molecule has 1 heterocycles. The third-order valence-corrected chi connectivity index (χ3v) is 2.94. The standard InChI is InChI=1S/C15H21N3O2/c1-11(2)10-18-6-5-13(17-18)9-16-8-12-3-4-14(19)7-15(12)20/h3-7,11,16,19-20H,8-10H2,1-2H3. The number of hydrogen-bond donors (Lipinski definition) is 3. The number of nitrogens with one attached hydrogen (secondary N) is 1. The molecule has 2 aromatic rings. The zero-order valence-electron chi connectivity index (χ0n) is 11.9. The Balaban J connectivity index is 1.85. The third kappa shape index (κ3) is 3.99. The molecule has 0 amide bonds. The van der Waals surface area contributed by atoms with E-state index in [2.05, 4.69) is 24.3 Å². The van der Waals surface area contributed by atoms with Crippen LogP contribution < -0.4 is 5.32 Å². The molecule has 1 aromatic carbocycles. The Labute approximate surface area is 118 Å². The molecule has 20 heavy (non-hydrogen) atoms. The highest BCUT2D eigenvalue weighted by Crippen LogP contribution is 2.22. The summed E-state index contributed by atoms with van der Waals surface area (Å²) in [6.45, 7) is 6.41. The van der Waals surface area contributed by atoms with Crippen LogP contribution in [0.5, 0.6) is 11.5 Å². The molecule has 0 fully saturated rings. The second-order valence-corrected chi connectivity index (χ2v) is 5.34. The van der Waals surface area contributed by atoms with E-state index in [0.717, 1.165) is 17.8 Å². The molecule has 1 aromatic heterocycles. The van der Waals surface area contributed by atoms with Crippen LogP contribution in [-0.4, -0.2) is 20.0 Å². The Morgan fingerprint density at radius 1 is 1.20 bits per heavy atom. The number of aromatic nitrogens is 2. The van der Waals surface area contributed by atoms with E-state index in [1.54, 1.807) is 12.1 Å². The summed E-state index contributed by atoms with van der Waals surface area (Å²) in [6.07, 6.45) is 1.98. The zero-order valence-corrected chi connectivity index (χ0v) is 11.9. The van der Waals surface area contributed by atoms with E-state index < -0.39 is 0 Å². The molecule has 108 valence electrons. The van der Waals surface area contributed by atoms with Gasteiger partial charge in [-0.25, -0.2) is 0 Å². The largest absolute Gasteiger partial charge is 0.508 e. The van der Waals surface area contributed by atoms with Gasteiger partial charge in [-0.1, -0.05) is 19.9 Å². The van der Waals surface area contributed by atoms with Gasteiger partial charge in [0.2, 0.25) is 0 Å². The predicted octanol–water partition coefficient (Wildman–Crippen LogP) is 2.24. The molecule has 0 saturated heterocycles. The normalized spacial score (nSPS) is 11.2. The van der Waals surface area contributed by atoms with Gasteiger partial charge in [-0.2, -0.15) is 5.10 Å². The maximum atomic E-state index is 9.67. The van der Waals surface area contributed by atoms with Crippen molar-refractivity contribution < 1.29 is 10.2 Å². The van der Waals surface area contributed by atoms with Crippen molar-refractivity contribution in [3.8, 4) is 11.5 Å². The van der Waals surface area contributed by atoms with Crippen molar-refractivity contribution in [3.63, 3.8) is 0 Å². The average Bonchev–Trinajstić information content (AvgIpc) is 2.79. The quantitative estimate of drug-likeness (QED) is 0.756. The average molecular weight is 275 g/mol. The molecule has 0 aliphatic rings. The van der Waals surface area contributed by atoms with Crippen LogP contribution in [0.3, 0.4) is 0 Å². The molecule has 0 aliphatic heterocycles. The summed E-state index contributed by atoms with van der Waals surface area (Å²) in [4.78, 5) is 0. The van der Waals surface area contributed by atoms with Crippen LogP contribution in [0.25, 0.3) is 0 Å². The second-order valence-electron chi connectivity index (χ2n) is 5.34. The first-order valence-corrected chi connectivity index (χ1v) is 6.78. The van der Waals surface area contributed by atoms with Gasteiger partial charge in [-0.3, -0.25) is 4.68 Å². The lowest BCUT2D eigenvalue weighted by Crippen LogP contribution is -2.14. The first-order valence-electron chi connectivity index (χ1n) is 6.78. The van der Waals surface area contributed by atoms with Crippen molar-refractivity contribution in [2.45, 2.75) is 33.5 Å². The molecule has 0 saturated carbocycles. The number of aromatic hydroxyl groups is 2. The highest BCUT2D eigenvalue weighted by molar-refractivity contribution is 5.38. The molecule has 0 bridgehead atoms. The summed E-state index contributed by atoms with van der Waals surface area (Å²) >= 11 is 0. The van der Waals surface area contributed by atoms with Crippen LogP contribution in [0, 0.1) is 5.92 Å². The third-order valence-electron chi connectivity index (χ3n) is 2.94. The highest BCUT2D eigenvalue weighted by Gasteiger charge is 2.04. The number of phenolic OH excluding ortho intramolecular Hbond substituents is 2. The Morgan fingerprint density at radius 3 is 2.70 bits per heavy atom. The summed E-state index contributed by atoms with van der Waals surface area (Å²) in [5, 5.41) is 26.6. The molecule has 5 nitrogen and oxygen atoms in total. The summed E-state index contributed by atoms with van der Waals surface area (Å²) < 4.78 is 1.94. The smallest absolute Gasteiger partial charge is 0.123 e. The van der Waals surface area contributed by atoms with E-state index in [4.69, 9.17) is 0 Å². The fraction of sp³-hybridized carbons (Fsp3) is 0.400. The van der Waals surface area contributed by atoms with Crippen LogP contribution in [-0.2, 0) is 19.6 Å². The van der Waals surface area contributed by atoms with Gasteiger partial charge >= 0.3 is 0 Å². The molecule has 0 spiro atoms. The molecule has 3 N–H and O–H groups in total. The van der Waals surface area contributed by atoms with Crippen molar-refractivity contribution in [2.24, 2.45) is 5.92 Å². The lowest BCUT2D eigenvalue weighted by atomic mass is 10.2. The first-order chi connectivity index (χ1) is 9.54. The number of phenols is 2. The van der Waals surface area contributed by atoms with Crippen molar-refractivity contribution in [3.05, 3.63) is 41.7 Å². The van der Waals surface area contributed by atoms with Gasteiger partial charge in [-0.05, 0) is 18.1 Å². The molecule has 5 heteroatoms. The van der Waals surface area contributed by atoms with Crippen molar-refractivity contribution in [1.82, 2.24) is 15.1 Å². The minimum absolute atomic E-state index is 0.0682. The SMILES string of the molecule is CC(C)Cn1ccc(CNCc2ccc(O)cc2O)n1. The molecule has 0 aliphatic carbocycles. The van der Waals surface area contributed by atoms with Gasteiger partial charge in [0, 0.05) is 37.5 Å². The molecule has 2 rings (SSSR count). The van der Waals surface area contributed by atoms with Crippen LogP contribution in [0.4, 0.5) is 0 Å². The first kappa shape index (κ1) is 14.4. The Morgan fingerprint density at radius 2 is 2.00 bits per heavy atom. The van der Waals surface area contributed by atoms with E-state index in [9.17, 15) is 10.2 Å². The summed E-state index contributed by atoms with van der Waals surface area (Å²) in [5.74, 6) is 0.742. The summed E-state index contributed by atoms with van der Waals surface area (Å²) in [5.41, 5.74) is 1.73. The Hall–Kier alpha value is -2.01. The number of benzene rings is 1. The van der Waals surface area contributed by atoms with Crippen LogP contribution in [0.15, 0.2) is 30.5 Å². The fourth-order valence-electron chi connectivity index (χ4n) is 2.00. The van der Waals surface area contributed by atoms with E-state index in [1.165, 1.54) is 6.07 Å². The predicted molar refractivity (Wildman–Crippen MR) is 77.4 cm³/mol. The van der Waals surface area contributed by atoms with Crippen molar-refractivity contribution in [1.29, 1.82) is 0 Å². The number of nitrogens with zero attached hydrogens (tertiary/aromatic N) is 2. The minimum Gasteiger partial charge on any atom is -0.508 e. The van der Waals surface area contributed by atoms with Crippen molar-refractivity contribution in [2.75, 3.05) is 0 Å². The highest BCUT2D eigenvalue weighted by atomic mass is 16.3. The molecule has 0 radical (unpaired) electrons. The van der Waals surface area contributed by atoms with Gasteiger partial charge in [0.25, 0.3) is 0 Å². The fourth-order valence-corrected chi connectivity index (χ4v) is 2.00. The molecule has 0 atom stereocenters. The second kappa shape index (κ2) is 6.43. The zero-order chi connectivity index (χ0) is 14.5. The van der Waals surface area contributed by atoms with Gasteiger partial charge < -0.3 is 15.5 Å². The van der Waals surface area contributed by atoms with Crippen LogP contribution in [0.2, 0.25) is 0 Å². The monoisotopic (exact) mass is 275 g/mol. The molecular weight excluding hydrogens is 254 g/mol. The Kier molecular flexibility index (Phi) is 4.63. The van der Waals surface area contributed by atoms with Crippen LogP contribution in [0.1, 0.15) is 25.1 Å². The lowest BCUT2D eigenvalue weighted by molar-refractivity contribution is 0.443. The van der Waals surface area contributed by atoms with E-state index in [0.29, 0.717) is 19.0 Å². The van der Waals surface area contributed by atoms with E-state index in [1.807, 2.05) is 16.9 Å². The Bertz CT molecular complexity index is 564. The number of rotatable bonds is 6. The maximum absolute atomic E-state index is 9.67. The lowest BCUT2D eigenvalue weighted by Gasteiger charge is -2.06. The molecule has 0 unspecified atom stereocenters.